The van der Waals surface area contributed by atoms with E-state index in [4.69, 9.17) is 0 Å². The lowest BCUT2D eigenvalue weighted by Gasteiger charge is -2.39. The number of nitrogens with zero attached hydrogens (tertiary/aromatic N) is 1. The van der Waals surface area contributed by atoms with Crippen molar-refractivity contribution in [1.29, 1.82) is 0 Å². The number of pyridine rings is 1. The van der Waals surface area contributed by atoms with Crippen molar-refractivity contribution < 1.29 is 4.57 Å². The number of benzene rings is 1. The first-order chi connectivity index (χ1) is 12.1. The number of fused-ring (bicyclic) bond motifs is 3. The van der Waals surface area contributed by atoms with E-state index in [1.807, 2.05) is 0 Å². The average Bonchev–Trinajstić information content (AvgIpc) is 2.64. The van der Waals surface area contributed by atoms with Gasteiger partial charge < -0.3 is 0 Å². The summed E-state index contributed by atoms with van der Waals surface area (Å²) in [6.07, 6.45) is 9.84. The molecule has 1 aliphatic heterocycles. The molecule has 1 aromatic heterocycles. The van der Waals surface area contributed by atoms with Crippen LogP contribution in [0.2, 0.25) is 0 Å². The van der Waals surface area contributed by atoms with E-state index >= 15 is 0 Å². The lowest BCUT2D eigenvalue weighted by atomic mass is 9.68. The Kier molecular flexibility index (Phi) is 5.32. The lowest BCUT2D eigenvalue weighted by Crippen LogP contribution is -2.54. The first-order valence-corrected chi connectivity index (χ1v) is 10.2. The second kappa shape index (κ2) is 7.32. The molecule has 2 heterocycles. The first-order valence-electron chi connectivity index (χ1n) is 10.2. The van der Waals surface area contributed by atoms with Gasteiger partial charge in [0, 0.05) is 18.1 Å². The van der Waals surface area contributed by atoms with E-state index in [0.717, 1.165) is 0 Å². The first kappa shape index (κ1) is 18.2. The van der Waals surface area contributed by atoms with E-state index in [0.29, 0.717) is 6.04 Å². The Labute approximate surface area is 154 Å². The van der Waals surface area contributed by atoms with Crippen LogP contribution in [0.4, 0.5) is 0 Å². The van der Waals surface area contributed by atoms with Gasteiger partial charge in [0.1, 0.15) is 0 Å². The molecule has 1 nitrogen and oxygen atoms in total. The highest BCUT2D eigenvalue weighted by Crippen LogP contribution is 2.46. The van der Waals surface area contributed by atoms with Crippen LogP contribution in [0.15, 0.2) is 36.5 Å². The van der Waals surface area contributed by atoms with Gasteiger partial charge in [0.2, 0.25) is 5.69 Å². The molecule has 1 aromatic carbocycles. The maximum absolute atomic E-state index is 2.59. The molecule has 0 amide bonds. The molecule has 25 heavy (non-hydrogen) atoms. The minimum Gasteiger partial charge on any atom is -0.194 e. The fourth-order valence-corrected chi connectivity index (χ4v) is 4.90. The Morgan fingerprint density at radius 1 is 1.04 bits per heavy atom. The van der Waals surface area contributed by atoms with Crippen LogP contribution in [0, 0.1) is 6.92 Å². The van der Waals surface area contributed by atoms with Crippen LogP contribution in [-0.4, -0.2) is 0 Å². The molecule has 0 fully saturated rings. The fraction of sp³-hybridized carbons (Fsp3) is 0.542. The van der Waals surface area contributed by atoms with Gasteiger partial charge in [-0.05, 0) is 50.3 Å². The van der Waals surface area contributed by atoms with Crippen molar-refractivity contribution in [2.75, 3.05) is 0 Å². The molecule has 1 aliphatic rings. The Morgan fingerprint density at radius 3 is 2.48 bits per heavy atom. The molecule has 0 N–H and O–H groups in total. The molecule has 3 rings (SSSR count). The van der Waals surface area contributed by atoms with Crippen LogP contribution in [0.5, 0.6) is 0 Å². The molecule has 2 atom stereocenters. The summed E-state index contributed by atoms with van der Waals surface area (Å²) >= 11 is 0. The second-order valence-corrected chi connectivity index (χ2v) is 7.92. The van der Waals surface area contributed by atoms with E-state index in [2.05, 4.69) is 75.7 Å². The molecular weight excluding hydrogens is 302 g/mol. The molecule has 134 valence electrons. The van der Waals surface area contributed by atoms with Gasteiger partial charge in [0.15, 0.2) is 12.2 Å². The van der Waals surface area contributed by atoms with Gasteiger partial charge in [-0.2, -0.15) is 4.57 Å². The smallest absolute Gasteiger partial charge is 0.194 e. The molecule has 2 unspecified atom stereocenters. The van der Waals surface area contributed by atoms with E-state index in [1.165, 1.54) is 66.5 Å². The van der Waals surface area contributed by atoms with Crippen molar-refractivity contribution in [2.45, 2.75) is 84.6 Å². The number of hydrogen-bond acceptors (Lipinski definition) is 0. The molecule has 0 radical (unpaired) electrons. The molecule has 0 bridgehead atoms. The van der Waals surface area contributed by atoms with Gasteiger partial charge in [0.05, 0.1) is 11.0 Å². The van der Waals surface area contributed by atoms with Crippen molar-refractivity contribution >= 4 is 0 Å². The van der Waals surface area contributed by atoms with E-state index in [9.17, 15) is 0 Å². The Bertz CT molecular complexity index is 746. The highest BCUT2D eigenvalue weighted by Gasteiger charge is 2.47. The van der Waals surface area contributed by atoms with Crippen LogP contribution >= 0.6 is 0 Å². The van der Waals surface area contributed by atoms with E-state index < -0.39 is 0 Å². The molecule has 0 saturated carbocycles. The predicted octanol–water partition coefficient (Wildman–Crippen LogP) is 6.31. The van der Waals surface area contributed by atoms with Crippen molar-refractivity contribution in [1.82, 2.24) is 0 Å². The summed E-state index contributed by atoms with van der Waals surface area (Å²) in [5.41, 5.74) is 7.68. The van der Waals surface area contributed by atoms with Crippen molar-refractivity contribution in [2.24, 2.45) is 0 Å². The minimum absolute atomic E-state index is 0.208. The van der Waals surface area contributed by atoms with Crippen molar-refractivity contribution in [3.8, 4) is 11.3 Å². The molecular formula is C24H34N+. The highest BCUT2D eigenvalue weighted by atomic mass is 15.0. The van der Waals surface area contributed by atoms with E-state index in [1.54, 1.807) is 0 Å². The van der Waals surface area contributed by atoms with Crippen molar-refractivity contribution in [3.05, 3.63) is 53.2 Å². The minimum atomic E-state index is 0.208. The monoisotopic (exact) mass is 336 g/mol. The molecule has 0 saturated heterocycles. The van der Waals surface area contributed by atoms with Gasteiger partial charge >= 0.3 is 0 Å². The second-order valence-electron chi connectivity index (χ2n) is 7.92. The SMILES string of the molecule is CCCCCc1cc[n+]2c(c1C)-c1ccccc1C(C)(CC)C2CC. The predicted molar refractivity (Wildman–Crippen MR) is 107 cm³/mol. The van der Waals surface area contributed by atoms with Crippen LogP contribution in [0.1, 0.15) is 82.5 Å². The third-order valence-corrected chi connectivity index (χ3v) is 6.57. The molecule has 0 aliphatic carbocycles. The summed E-state index contributed by atoms with van der Waals surface area (Å²) in [5, 5.41) is 0. The number of hydrogen-bond donors (Lipinski definition) is 0. The third kappa shape index (κ3) is 2.92. The summed E-state index contributed by atoms with van der Waals surface area (Å²) in [6.45, 7) is 11.8. The number of unbranched alkanes of at least 4 members (excludes halogenated alkanes) is 2. The summed E-state index contributed by atoms with van der Waals surface area (Å²) in [4.78, 5) is 0. The van der Waals surface area contributed by atoms with Gasteiger partial charge in [0.25, 0.3) is 0 Å². The largest absolute Gasteiger partial charge is 0.216 e. The van der Waals surface area contributed by atoms with Crippen LogP contribution < -0.4 is 4.57 Å². The van der Waals surface area contributed by atoms with Gasteiger partial charge in [-0.15, -0.1) is 0 Å². The topological polar surface area (TPSA) is 3.88 Å². The van der Waals surface area contributed by atoms with Crippen molar-refractivity contribution in [3.63, 3.8) is 0 Å². The van der Waals surface area contributed by atoms with Crippen LogP contribution in [0.3, 0.4) is 0 Å². The summed E-state index contributed by atoms with van der Waals surface area (Å²) in [7, 11) is 0. The van der Waals surface area contributed by atoms with Gasteiger partial charge in [-0.3, -0.25) is 0 Å². The number of aryl methyl sites for hydroxylation is 1. The maximum Gasteiger partial charge on any atom is 0.216 e. The fourth-order valence-electron chi connectivity index (χ4n) is 4.90. The van der Waals surface area contributed by atoms with Gasteiger partial charge in [-0.25, -0.2) is 0 Å². The number of aromatic nitrogens is 1. The van der Waals surface area contributed by atoms with Gasteiger partial charge in [-0.1, -0.05) is 51.8 Å². The Hall–Kier alpha value is -1.63. The molecule has 2 aromatic rings. The quantitative estimate of drug-likeness (QED) is 0.429. The van der Waals surface area contributed by atoms with Crippen LogP contribution in [-0.2, 0) is 11.8 Å². The summed E-state index contributed by atoms with van der Waals surface area (Å²) < 4.78 is 2.59. The van der Waals surface area contributed by atoms with E-state index in [-0.39, 0.29) is 5.41 Å². The summed E-state index contributed by atoms with van der Waals surface area (Å²) in [5.74, 6) is 0. The third-order valence-electron chi connectivity index (χ3n) is 6.57. The maximum atomic E-state index is 2.59. The normalized spacial score (nSPS) is 21.7. The molecule has 1 heteroatoms. The Balaban J connectivity index is 2.18. The summed E-state index contributed by atoms with van der Waals surface area (Å²) in [6, 6.07) is 12.1. The average molecular weight is 337 g/mol. The zero-order valence-electron chi connectivity index (χ0n) is 16.7. The highest BCUT2D eigenvalue weighted by molar-refractivity contribution is 5.68. The lowest BCUT2D eigenvalue weighted by molar-refractivity contribution is -0.724. The molecule has 0 spiro atoms. The standard InChI is InChI=1S/C24H34N/c1-6-9-10-13-19-16-17-25-22(7-2)24(5,8-3)21-15-12-11-14-20(21)23(25)18(19)4/h11-12,14-17,22H,6-10,13H2,1-5H3/q+1. The number of rotatable bonds is 6. The zero-order valence-corrected chi connectivity index (χ0v) is 16.7. The van der Waals surface area contributed by atoms with Crippen LogP contribution in [0.25, 0.3) is 11.3 Å². The Morgan fingerprint density at radius 2 is 1.80 bits per heavy atom. The zero-order chi connectivity index (χ0) is 18.0.